The third kappa shape index (κ3) is 3.96. The zero-order valence-electron chi connectivity index (χ0n) is 14.3. The van der Waals surface area contributed by atoms with Crippen molar-refractivity contribution in [3.05, 3.63) is 35.9 Å². The van der Waals surface area contributed by atoms with Crippen molar-refractivity contribution < 1.29 is 4.79 Å². The average Bonchev–Trinajstić information content (AvgIpc) is 2.64. The summed E-state index contributed by atoms with van der Waals surface area (Å²) in [5.41, 5.74) is 0.719. The highest BCUT2D eigenvalue weighted by Gasteiger charge is 2.36. The Morgan fingerprint density at radius 3 is 2.46 bits per heavy atom. The maximum Gasteiger partial charge on any atom is 0.234 e. The zero-order chi connectivity index (χ0) is 16.8. The first-order chi connectivity index (χ1) is 11.7. The Balaban J connectivity index is 1.51. The molecule has 1 aromatic carbocycles. The molecule has 4 nitrogen and oxygen atoms in total. The van der Waals surface area contributed by atoms with Crippen LogP contribution in [-0.4, -0.2) is 36.5 Å². The minimum atomic E-state index is -0.391. The lowest BCUT2D eigenvalue weighted by molar-refractivity contribution is -0.123. The van der Waals surface area contributed by atoms with Gasteiger partial charge in [-0.05, 0) is 31.2 Å². The molecule has 0 aromatic heterocycles. The molecule has 1 aliphatic carbocycles. The number of nitrogens with one attached hydrogen (secondary N) is 1. The van der Waals surface area contributed by atoms with Crippen LogP contribution in [0, 0.1) is 11.3 Å². The van der Waals surface area contributed by atoms with Crippen LogP contribution in [0.5, 0.6) is 0 Å². The molecule has 1 saturated carbocycles. The lowest BCUT2D eigenvalue weighted by Gasteiger charge is -2.37. The maximum atomic E-state index is 12.3. The van der Waals surface area contributed by atoms with Crippen molar-refractivity contribution in [2.45, 2.75) is 56.4 Å². The summed E-state index contributed by atoms with van der Waals surface area (Å²) in [5, 5.41) is 12.9. The lowest BCUT2D eigenvalue weighted by atomic mass is 9.74. The molecule has 4 heteroatoms. The van der Waals surface area contributed by atoms with E-state index in [1.807, 2.05) is 18.2 Å². The van der Waals surface area contributed by atoms with E-state index in [0.29, 0.717) is 12.6 Å². The van der Waals surface area contributed by atoms with Gasteiger partial charge in [0.25, 0.3) is 0 Å². The number of nitrogens with zero attached hydrogens (tertiary/aromatic N) is 2. The number of likely N-dealkylation sites (tertiary alicyclic amines) is 1. The highest BCUT2D eigenvalue weighted by atomic mass is 16.2. The summed E-state index contributed by atoms with van der Waals surface area (Å²) in [6.45, 7) is 2.08. The van der Waals surface area contributed by atoms with Crippen LogP contribution in [0.15, 0.2) is 30.3 Å². The third-order valence-electron chi connectivity index (χ3n) is 5.59. The lowest BCUT2D eigenvalue weighted by Crippen LogP contribution is -2.47. The molecule has 1 aliphatic heterocycles. The van der Waals surface area contributed by atoms with Crippen LogP contribution in [0.2, 0.25) is 0 Å². The van der Waals surface area contributed by atoms with Crippen LogP contribution in [0.4, 0.5) is 0 Å². The highest BCUT2D eigenvalue weighted by molar-refractivity contribution is 5.78. The molecule has 1 heterocycles. The Kier molecular flexibility index (Phi) is 5.52. The average molecular weight is 325 g/mol. The molecule has 2 fully saturated rings. The third-order valence-corrected chi connectivity index (χ3v) is 5.59. The van der Waals surface area contributed by atoms with E-state index >= 15 is 0 Å². The Morgan fingerprint density at radius 2 is 1.83 bits per heavy atom. The molecule has 3 rings (SSSR count). The van der Waals surface area contributed by atoms with Gasteiger partial charge in [-0.2, -0.15) is 5.26 Å². The van der Waals surface area contributed by atoms with Crippen LogP contribution >= 0.6 is 0 Å². The smallest absolute Gasteiger partial charge is 0.234 e. The number of hydrogen-bond acceptors (Lipinski definition) is 3. The fraction of sp³-hybridized carbons (Fsp3) is 0.600. The molecule has 1 N–H and O–H groups in total. The van der Waals surface area contributed by atoms with Crippen LogP contribution in [0.25, 0.3) is 0 Å². The van der Waals surface area contributed by atoms with Gasteiger partial charge in [0.2, 0.25) is 5.91 Å². The molecule has 24 heavy (non-hydrogen) atoms. The summed E-state index contributed by atoms with van der Waals surface area (Å²) in [6, 6.07) is 13.0. The molecule has 2 aliphatic rings. The maximum absolute atomic E-state index is 12.3. The van der Waals surface area contributed by atoms with Gasteiger partial charge >= 0.3 is 0 Å². The Morgan fingerprint density at radius 1 is 1.17 bits per heavy atom. The van der Waals surface area contributed by atoms with Crippen LogP contribution in [0.1, 0.15) is 50.5 Å². The number of carbonyl (C=O) groups excluding carboxylic acids is 1. The van der Waals surface area contributed by atoms with Crippen molar-refractivity contribution in [1.82, 2.24) is 10.2 Å². The highest BCUT2D eigenvalue weighted by Crippen LogP contribution is 2.34. The quantitative estimate of drug-likeness (QED) is 0.926. The van der Waals surface area contributed by atoms with E-state index in [1.165, 1.54) is 19.3 Å². The molecule has 1 saturated heterocycles. The normalized spacial score (nSPS) is 21.8. The number of hydrogen-bond donors (Lipinski definition) is 1. The fourth-order valence-electron chi connectivity index (χ4n) is 4.04. The number of benzene rings is 1. The number of piperidine rings is 1. The van der Waals surface area contributed by atoms with Crippen LogP contribution in [-0.2, 0) is 10.2 Å². The number of nitriles is 1. The minimum Gasteiger partial charge on any atom is -0.352 e. The molecule has 0 spiro atoms. The second-order valence-corrected chi connectivity index (χ2v) is 7.24. The summed E-state index contributed by atoms with van der Waals surface area (Å²) in [7, 11) is 0. The first kappa shape index (κ1) is 17.0. The first-order valence-electron chi connectivity index (χ1n) is 9.20. The second kappa shape index (κ2) is 7.81. The Hall–Kier alpha value is -1.86. The predicted octanol–water partition coefficient (Wildman–Crippen LogP) is 2.99. The van der Waals surface area contributed by atoms with Gasteiger partial charge in [-0.15, -0.1) is 0 Å². The van der Waals surface area contributed by atoms with Crippen molar-refractivity contribution in [3.63, 3.8) is 0 Å². The van der Waals surface area contributed by atoms with E-state index in [9.17, 15) is 10.1 Å². The Bertz CT molecular complexity index is 579. The molecule has 0 radical (unpaired) electrons. The zero-order valence-corrected chi connectivity index (χ0v) is 14.3. The molecule has 128 valence electrons. The van der Waals surface area contributed by atoms with Gasteiger partial charge in [0.15, 0.2) is 0 Å². The topological polar surface area (TPSA) is 56.1 Å². The van der Waals surface area contributed by atoms with Crippen LogP contribution in [0.3, 0.4) is 0 Å². The molecular formula is C20H27N3O. The first-order valence-corrected chi connectivity index (χ1v) is 9.20. The Labute approximate surface area is 144 Å². The number of amides is 1. The van der Waals surface area contributed by atoms with Gasteiger partial charge in [0, 0.05) is 19.1 Å². The van der Waals surface area contributed by atoms with E-state index in [0.717, 1.165) is 44.3 Å². The van der Waals surface area contributed by atoms with Crippen molar-refractivity contribution in [3.8, 4) is 6.07 Å². The van der Waals surface area contributed by atoms with E-state index in [-0.39, 0.29) is 5.91 Å². The summed E-state index contributed by atoms with van der Waals surface area (Å²) in [6.07, 6.45) is 7.60. The standard InChI is InChI=1S/C20H27N3O/c21-16-20(17-7-3-1-4-8-17)11-13-23(14-12-20)15-19(24)22-18-9-5-2-6-10-18/h1,3-4,7-8,18H,2,5-6,9-15H2,(H,22,24). The van der Waals surface area contributed by atoms with Crippen LogP contribution < -0.4 is 5.32 Å². The van der Waals surface area contributed by atoms with Gasteiger partial charge in [0.1, 0.15) is 0 Å². The summed E-state index contributed by atoms with van der Waals surface area (Å²) in [4.78, 5) is 14.5. The molecular weight excluding hydrogens is 298 g/mol. The van der Waals surface area contributed by atoms with Crippen molar-refractivity contribution >= 4 is 5.91 Å². The van der Waals surface area contributed by atoms with Crippen molar-refractivity contribution in [2.75, 3.05) is 19.6 Å². The molecule has 0 unspecified atom stereocenters. The SMILES string of the molecule is N#CC1(c2ccccc2)CCN(CC(=O)NC2CCCCC2)CC1. The van der Waals surface area contributed by atoms with Crippen molar-refractivity contribution in [1.29, 1.82) is 5.26 Å². The minimum absolute atomic E-state index is 0.145. The summed E-state index contributed by atoms with van der Waals surface area (Å²) >= 11 is 0. The van der Waals surface area contributed by atoms with Crippen molar-refractivity contribution in [2.24, 2.45) is 0 Å². The molecule has 1 amide bonds. The van der Waals surface area contributed by atoms with Gasteiger partial charge in [-0.3, -0.25) is 9.69 Å². The molecule has 0 bridgehead atoms. The van der Waals surface area contributed by atoms with E-state index in [1.54, 1.807) is 0 Å². The predicted molar refractivity (Wildman–Crippen MR) is 94.4 cm³/mol. The van der Waals surface area contributed by atoms with Gasteiger partial charge in [-0.25, -0.2) is 0 Å². The molecule has 0 atom stereocenters. The van der Waals surface area contributed by atoms with E-state index in [2.05, 4.69) is 28.4 Å². The van der Waals surface area contributed by atoms with E-state index < -0.39 is 5.41 Å². The van der Waals surface area contributed by atoms with E-state index in [4.69, 9.17) is 0 Å². The largest absolute Gasteiger partial charge is 0.352 e. The summed E-state index contributed by atoms with van der Waals surface area (Å²) in [5.74, 6) is 0.145. The fourth-order valence-corrected chi connectivity index (χ4v) is 4.04. The number of carbonyl (C=O) groups is 1. The number of rotatable bonds is 4. The monoisotopic (exact) mass is 325 g/mol. The van der Waals surface area contributed by atoms with Gasteiger partial charge < -0.3 is 5.32 Å². The molecule has 1 aromatic rings. The van der Waals surface area contributed by atoms with Gasteiger partial charge in [0.05, 0.1) is 18.0 Å². The van der Waals surface area contributed by atoms with Gasteiger partial charge in [-0.1, -0.05) is 49.6 Å². The summed E-state index contributed by atoms with van der Waals surface area (Å²) < 4.78 is 0. The second-order valence-electron chi connectivity index (χ2n) is 7.24.